The third kappa shape index (κ3) is 8.79. The van der Waals surface area contributed by atoms with Crippen LogP contribution in [-0.2, 0) is 36.3 Å². The topological polar surface area (TPSA) is 100 Å². The number of carbonyl (C=O) groups is 2. The van der Waals surface area contributed by atoms with E-state index in [1.165, 1.54) is 6.21 Å². The molecule has 9 nitrogen and oxygen atoms in total. The van der Waals surface area contributed by atoms with E-state index in [1.54, 1.807) is 12.0 Å². The van der Waals surface area contributed by atoms with Gasteiger partial charge in [0, 0.05) is 19.5 Å². The first-order chi connectivity index (χ1) is 18.0. The molecular formula is C28H36N5O4+. The van der Waals surface area contributed by atoms with Crippen molar-refractivity contribution in [1.82, 2.24) is 14.8 Å². The first kappa shape index (κ1) is 27.4. The number of carbonyl (C=O) groups excluding carboxylic acids is 2. The molecule has 0 bridgehead atoms. The summed E-state index contributed by atoms with van der Waals surface area (Å²) in [5.41, 5.74) is 1.94. The number of benzene rings is 2. The standard InChI is InChI=1S/C28H35N5O4/c1-31-17-18-32(27(31)20-30-36)16-8-4-7-11-28(35)33(21-24-12-14-25(37-2)15-13-24)22-26(34)29-19-23-9-5-3-6-10-23/h3,5-6,9-10,12-15,17-18,20H,4,7-8,11,16,19,21-22H2,1-2H3,(H,29,34)/p+1. The van der Waals surface area contributed by atoms with Gasteiger partial charge in [-0.15, -0.1) is 0 Å². The molecule has 1 aromatic heterocycles. The number of hydrogen-bond acceptors (Lipinski definition) is 5. The second-order valence-electron chi connectivity index (χ2n) is 8.88. The van der Waals surface area contributed by atoms with E-state index in [4.69, 9.17) is 9.94 Å². The Labute approximate surface area is 218 Å². The average molecular weight is 507 g/mol. The molecule has 3 aromatic rings. The second-order valence-corrected chi connectivity index (χ2v) is 8.88. The molecule has 37 heavy (non-hydrogen) atoms. The summed E-state index contributed by atoms with van der Waals surface area (Å²) >= 11 is 0. The number of hydrogen-bond donors (Lipinski definition) is 2. The molecule has 0 unspecified atom stereocenters. The van der Waals surface area contributed by atoms with Crippen molar-refractivity contribution in [3.8, 4) is 5.75 Å². The van der Waals surface area contributed by atoms with Gasteiger partial charge in [-0.2, -0.15) is 0 Å². The molecule has 2 amide bonds. The van der Waals surface area contributed by atoms with Crippen molar-refractivity contribution in [1.29, 1.82) is 0 Å². The second kappa shape index (κ2) is 14.4. The van der Waals surface area contributed by atoms with Gasteiger partial charge in [0.15, 0.2) is 6.21 Å². The average Bonchev–Trinajstić information content (AvgIpc) is 3.26. The highest BCUT2D eigenvalue weighted by Crippen LogP contribution is 2.14. The molecular weight excluding hydrogens is 470 g/mol. The predicted molar refractivity (Wildman–Crippen MR) is 140 cm³/mol. The van der Waals surface area contributed by atoms with E-state index in [-0.39, 0.29) is 18.4 Å². The van der Waals surface area contributed by atoms with Crippen molar-refractivity contribution < 1.29 is 24.1 Å². The third-order valence-electron chi connectivity index (χ3n) is 6.14. The monoisotopic (exact) mass is 506 g/mol. The van der Waals surface area contributed by atoms with Crippen molar-refractivity contribution in [3.63, 3.8) is 0 Å². The van der Waals surface area contributed by atoms with Crippen molar-refractivity contribution in [2.24, 2.45) is 12.2 Å². The molecule has 0 saturated carbocycles. The number of amides is 2. The number of aromatic nitrogens is 2. The van der Waals surface area contributed by atoms with Crippen LogP contribution in [0.4, 0.5) is 0 Å². The van der Waals surface area contributed by atoms with E-state index in [0.29, 0.717) is 19.5 Å². The molecule has 3 rings (SSSR count). The van der Waals surface area contributed by atoms with Crippen LogP contribution in [0.2, 0.25) is 0 Å². The highest BCUT2D eigenvalue weighted by Gasteiger charge is 2.18. The van der Waals surface area contributed by atoms with Gasteiger partial charge in [0.05, 0.1) is 27.2 Å². The van der Waals surface area contributed by atoms with Crippen LogP contribution < -0.4 is 14.6 Å². The summed E-state index contributed by atoms with van der Waals surface area (Å²) in [6, 6.07) is 17.2. The molecule has 0 atom stereocenters. The maximum atomic E-state index is 13.1. The molecule has 0 radical (unpaired) electrons. The fourth-order valence-corrected chi connectivity index (χ4v) is 4.04. The summed E-state index contributed by atoms with van der Waals surface area (Å²) in [6.07, 6.45) is 8.08. The Morgan fingerprint density at radius 1 is 1.08 bits per heavy atom. The molecule has 0 saturated heterocycles. The zero-order valence-electron chi connectivity index (χ0n) is 21.5. The lowest BCUT2D eigenvalue weighted by Crippen LogP contribution is -2.40. The van der Waals surface area contributed by atoms with E-state index in [0.717, 1.165) is 48.5 Å². The van der Waals surface area contributed by atoms with Gasteiger partial charge in [0.25, 0.3) is 0 Å². The molecule has 2 N–H and O–H groups in total. The van der Waals surface area contributed by atoms with E-state index in [2.05, 4.69) is 10.5 Å². The number of ether oxygens (including phenoxy) is 1. The summed E-state index contributed by atoms with van der Waals surface area (Å²) in [4.78, 5) is 27.4. The van der Waals surface area contributed by atoms with Crippen molar-refractivity contribution in [3.05, 3.63) is 83.9 Å². The van der Waals surface area contributed by atoms with Crippen molar-refractivity contribution in [2.45, 2.75) is 45.3 Å². The molecule has 2 aromatic carbocycles. The van der Waals surface area contributed by atoms with Gasteiger partial charge in [-0.25, -0.2) is 9.13 Å². The molecule has 0 aliphatic rings. The summed E-state index contributed by atoms with van der Waals surface area (Å²) in [6.45, 7) is 1.53. The predicted octanol–water partition coefficient (Wildman–Crippen LogP) is 3.03. The molecule has 0 aliphatic heterocycles. The van der Waals surface area contributed by atoms with E-state index >= 15 is 0 Å². The minimum absolute atomic E-state index is 0.00141. The van der Waals surface area contributed by atoms with Crippen LogP contribution in [0.1, 0.15) is 42.6 Å². The first-order valence-electron chi connectivity index (χ1n) is 12.4. The highest BCUT2D eigenvalue weighted by atomic mass is 16.5. The summed E-state index contributed by atoms with van der Waals surface area (Å²) in [5, 5.41) is 14.9. The number of methoxy groups -OCH3 is 1. The number of unbranched alkanes of at least 4 members (excludes halogenated alkanes) is 2. The minimum atomic E-state index is -0.190. The maximum absolute atomic E-state index is 13.1. The van der Waals surface area contributed by atoms with Gasteiger partial charge < -0.3 is 20.2 Å². The van der Waals surface area contributed by atoms with Crippen LogP contribution >= 0.6 is 0 Å². The van der Waals surface area contributed by atoms with Gasteiger partial charge in [0.2, 0.25) is 11.8 Å². The van der Waals surface area contributed by atoms with E-state index in [1.807, 2.05) is 83.2 Å². The third-order valence-corrected chi connectivity index (χ3v) is 6.14. The lowest BCUT2D eigenvalue weighted by Gasteiger charge is -2.23. The van der Waals surface area contributed by atoms with Crippen LogP contribution in [0.15, 0.2) is 72.1 Å². The number of oxime groups is 1. The number of imidazole rings is 1. The molecule has 0 spiro atoms. The zero-order chi connectivity index (χ0) is 26.5. The van der Waals surface area contributed by atoms with E-state index < -0.39 is 0 Å². The van der Waals surface area contributed by atoms with Crippen LogP contribution in [-0.4, -0.2) is 46.4 Å². The smallest absolute Gasteiger partial charge is 0.303 e. The fraction of sp³-hybridized carbons (Fsp3) is 0.357. The Hall–Kier alpha value is -4.14. The Bertz CT molecular complexity index is 1160. The quantitative estimate of drug-likeness (QED) is 0.115. The Morgan fingerprint density at radius 2 is 1.84 bits per heavy atom. The molecule has 1 heterocycles. The fourth-order valence-electron chi connectivity index (χ4n) is 4.04. The molecule has 0 aliphatic carbocycles. The number of nitrogens with zero attached hydrogens (tertiary/aromatic N) is 4. The van der Waals surface area contributed by atoms with Crippen LogP contribution in [0.5, 0.6) is 5.75 Å². The molecule has 196 valence electrons. The lowest BCUT2D eigenvalue weighted by atomic mass is 10.1. The van der Waals surface area contributed by atoms with Crippen molar-refractivity contribution >= 4 is 18.0 Å². The largest absolute Gasteiger partial charge is 0.497 e. The Balaban J connectivity index is 1.53. The highest BCUT2D eigenvalue weighted by molar-refractivity contribution is 5.84. The van der Waals surface area contributed by atoms with Gasteiger partial charge >= 0.3 is 5.82 Å². The van der Waals surface area contributed by atoms with Crippen LogP contribution in [0, 0.1) is 0 Å². The van der Waals surface area contributed by atoms with Crippen LogP contribution in [0.25, 0.3) is 0 Å². The zero-order valence-corrected chi connectivity index (χ0v) is 21.5. The number of rotatable bonds is 14. The van der Waals surface area contributed by atoms with Crippen LogP contribution in [0.3, 0.4) is 0 Å². The van der Waals surface area contributed by atoms with Gasteiger partial charge in [-0.3, -0.25) is 9.59 Å². The minimum Gasteiger partial charge on any atom is -0.497 e. The Morgan fingerprint density at radius 3 is 2.54 bits per heavy atom. The van der Waals surface area contributed by atoms with E-state index in [9.17, 15) is 9.59 Å². The number of aryl methyl sites for hydroxylation is 2. The summed E-state index contributed by atoms with van der Waals surface area (Å²) in [5.74, 6) is 1.30. The normalized spacial score (nSPS) is 11.0. The Kier molecular flexibility index (Phi) is 10.7. The lowest BCUT2D eigenvalue weighted by molar-refractivity contribution is -0.671. The van der Waals surface area contributed by atoms with Gasteiger partial charge in [-0.1, -0.05) is 47.6 Å². The van der Waals surface area contributed by atoms with Gasteiger partial charge in [0.1, 0.15) is 18.1 Å². The van der Waals surface area contributed by atoms with Gasteiger partial charge in [-0.05, 0) is 42.5 Å². The SMILES string of the molecule is COc1ccc(CN(CC(=O)NCc2ccccc2)C(=O)CCCCCn2cc[n+](C)c2/C=N\O)cc1. The molecule has 0 fully saturated rings. The molecule has 9 heteroatoms. The first-order valence-corrected chi connectivity index (χ1v) is 12.4. The summed E-state index contributed by atoms with van der Waals surface area (Å²) in [7, 11) is 3.50. The summed E-state index contributed by atoms with van der Waals surface area (Å²) < 4.78 is 9.11. The number of nitrogens with one attached hydrogen (secondary N) is 1. The maximum Gasteiger partial charge on any atom is 0.303 e. The van der Waals surface area contributed by atoms with Crippen molar-refractivity contribution in [2.75, 3.05) is 13.7 Å².